The van der Waals surface area contributed by atoms with Crippen LogP contribution in [0.15, 0.2) is 65.6 Å². The first-order chi connectivity index (χ1) is 13.6. The van der Waals surface area contributed by atoms with Crippen LogP contribution < -0.4 is 10.5 Å². The van der Waals surface area contributed by atoms with Crippen LogP contribution in [0.2, 0.25) is 10.0 Å². The second-order valence-corrected chi connectivity index (χ2v) is 7.54. The predicted octanol–water partition coefficient (Wildman–Crippen LogP) is 3.86. The summed E-state index contributed by atoms with van der Waals surface area (Å²) in [5.41, 5.74) is 2.22. The van der Waals surface area contributed by atoms with Gasteiger partial charge in [0.1, 0.15) is 5.02 Å². The summed E-state index contributed by atoms with van der Waals surface area (Å²) in [6.45, 7) is 4.10. The second-order valence-electron chi connectivity index (χ2n) is 6.75. The molecular formula is C21H20Cl2N4O. The molecule has 1 fully saturated rings. The molecule has 0 unspecified atom stereocenters. The Kier molecular flexibility index (Phi) is 5.67. The fourth-order valence-corrected chi connectivity index (χ4v) is 3.86. The molecular weight excluding hydrogens is 395 g/mol. The number of piperazine rings is 1. The number of nitrogens with zero attached hydrogens (tertiary/aromatic N) is 4. The van der Waals surface area contributed by atoms with E-state index in [0.717, 1.165) is 43.3 Å². The standard InChI is InChI=1S/C21H20Cl2N4O/c22-18-9-5-4-6-16(18)15-25-10-12-26(13-11-25)19-14-24-27(21(28)20(19)23)17-7-2-1-3-8-17/h1-9,14H,10-13,15H2. The van der Waals surface area contributed by atoms with Crippen molar-refractivity contribution in [2.75, 3.05) is 31.1 Å². The average Bonchev–Trinajstić information content (AvgIpc) is 2.73. The number of halogens is 2. The van der Waals surface area contributed by atoms with Crippen LogP contribution in [0.3, 0.4) is 0 Å². The minimum atomic E-state index is -0.302. The molecule has 2 aromatic carbocycles. The Morgan fingerprint density at radius 3 is 2.29 bits per heavy atom. The smallest absolute Gasteiger partial charge is 0.292 e. The van der Waals surface area contributed by atoms with Gasteiger partial charge in [-0.2, -0.15) is 9.78 Å². The normalized spacial score (nSPS) is 15.0. The Bertz CT molecular complexity index is 1010. The van der Waals surface area contributed by atoms with Crippen molar-refractivity contribution in [1.29, 1.82) is 0 Å². The SMILES string of the molecule is O=c1c(Cl)c(N2CCN(Cc3ccccc3Cl)CC2)cnn1-c1ccccc1. The van der Waals surface area contributed by atoms with Crippen molar-refractivity contribution < 1.29 is 0 Å². The summed E-state index contributed by atoms with van der Waals surface area (Å²) in [5.74, 6) is 0. The molecule has 0 saturated carbocycles. The molecule has 3 aromatic rings. The largest absolute Gasteiger partial charge is 0.366 e. The maximum absolute atomic E-state index is 12.7. The first-order valence-corrected chi connectivity index (χ1v) is 9.93. The zero-order valence-electron chi connectivity index (χ0n) is 15.3. The molecule has 0 atom stereocenters. The fourth-order valence-electron chi connectivity index (χ4n) is 3.41. The summed E-state index contributed by atoms with van der Waals surface area (Å²) in [5, 5.41) is 5.33. The number of aromatic nitrogens is 2. The Labute approximate surface area is 173 Å². The van der Waals surface area contributed by atoms with Crippen molar-refractivity contribution in [3.05, 3.63) is 86.8 Å². The van der Waals surface area contributed by atoms with E-state index in [1.54, 1.807) is 6.20 Å². The van der Waals surface area contributed by atoms with Gasteiger partial charge in [-0.25, -0.2) is 0 Å². The van der Waals surface area contributed by atoms with E-state index in [9.17, 15) is 4.79 Å². The van der Waals surface area contributed by atoms with Gasteiger partial charge in [0.2, 0.25) is 0 Å². The first kappa shape index (κ1) is 19.0. The highest BCUT2D eigenvalue weighted by Crippen LogP contribution is 2.24. The molecule has 1 aliphatic rings. The van der Waals surface area contributed by atoms with E-state index in [0.29, 0.717) is 11.4 Å². The summed E-state index contributed by atoms with van der Waals surface area (Å²) in [6.07, 6.45) is 1.68. The zero-order valence-corrected chi connectivity index (χ0v) is 16.8. The van der Waals surface area contributed by atoms with Gasteiger partial charge in [0.15, 0.2) is 0 Å². The molecule has 0 spiro atoms. The van der Waals surface area contributed by atoms with Gasteiger partial charge in [0, 0.05) is 37.7 Å². The highest BCUT2D eigenvalue weighted by Gasteiger charge is 2.22. The lowest BCUT2D eigenvalue weighted by atomic mass is 10.2. The van der Waals surface area contributed by atoms with Crippen LogP contribution in [-0.2, 0) is 6.54 Å². The van der Waals surface area contributed by atoms with E-state index in [4.69, 9.17) is 23.2 Å². The molecule has 0 N–H and O–H groups in total. The second kappa shape index (κ2) is 8.35. The summed E-state index contributed by atoms with van der Waals surface area (Å²) in [6, 6.07) is 17.2. The lowest BCUT2D eigenvalue weighted by Gasteiger charge is -2.36. The summed E-state index contributed by atoms with van der Waals surface area (Å²) in [7, 11) is 0. The number of para-hydroxylation sites is 1. The highest BCUT2D eigenvalue weighted by atomic mass is 35.5. The zero-order chi connectivity index (χ0) is 19.5. The van der Waals surface area contributed by atoms with Gasteiger partial charge in [0.25, 0.3) is 5.56 Å². The molecule has 1 aliphatic heterocycles. The molecule has 0 bridgehead atoms. The van der Waals surface area contributed by atoms with Crippen molar-refractivity contribution in [3.63, 3.8) is 0 Å². The van der Waals surface area contributed by atoms with Crippen molar-refractivity contribution >= 4 is 28.9 Å². The number of benzene rings is 2. The third kappa shape index (κ3) is 3.92. The minimum Gasteiger partial charge on any atom is -0.366 e. The molecule has 0 radical (unpaired) electrons. The predicted molar refractivity (Wildman–Crippen MR) is 114 cm³/mol. The highest BCUT2D eigenvalue weighted by molar-refractivity contribution is 6.33. The Morgan fingerprint density at radius 2 is 1.57 bits per heavy atom. The average molecular weight is 415 g/mol. The fraction of sp³-hybridized carbons (Fsp3) is 0.238. The topological polar surface area (TPSA) is 41.4 Å². The molecule has 2 heterocycles. The van der Waals surface area contributed by atoms with Gasteiger partial charge in [-0.05, 0) is 23.8 Å². The Morgan fingerprint density at radius 1 is 0.893 bits per heavy atom. The molecule has 1 aromatic heterocycles. The summed E-state index contributed by atoms with van der Waals surface area (Å²) < 4.78 is 1.33. The molecule has 28 heavy (non-hydrogen) atoms. The van der Waals surface area contributed by atoms with Crippen molar-refractivity contribution in [3.8, 4) is 5.69 Å². The third-order valence-corrected chi connectivity index (χ3v) is 5.69. The van der Waals surface area contributed by atoms with Crippen LogP contribution in [0.25, 0.3) is 5.69 Å². The summed E-state index contributed by atoms with van der Waals surface area (Å²) in [4.78, 5) is 17.2. The molecule has 0 amide bonds. The lowest BCUT2D eigenvalue weighted by molar-refractivity contribution is 0.250. The van der Waals surface area contributed by atoms with E-state index in [-0.39, 0.29) is 10.6 Å². The van der Waals surface area contributed by atoms with E-state index in [1.165, 1.54) is 4.68 Å². The molecule has 0 aliphatic carbocycles. The maximum atomic E-state index is 12.7. The Hall–Kier alpha value is -2.34. The van der Waals surface area contributed by atoms with E-state index < -0.39 is 0 Å². The van der Waals surface area contributed by atoms with Gasteiger partial charge >= 0.3 is 0 Å². The van der Waals surface area contributed by atoms with Crippen LogP contribution >= 0.6 is 23.2 Å². The van der Waals surface area contributed by atoms with Crippen LogP contribution in [0, 0.1) is 0 Å². The molecule has 4 rings (SSSR count). The van der Waals surface area contributed by atoms with E-state index >= 15 is 0 Å². The van der Waals surface area contributed by atoms with Crippen molar-refractivity contribution in [1.82, 2.24) is 14.7 Å². The number of rotatable bonds is 4. The summed E-state index contributed by atoms with van der Waals surface area (Å²) >= 11 is 12.7. The monoisotopic (exact) mass is 414 g/mol. The van der Waals surface area contributed by atoms with Crippen LogP contribution in [0.5, 0.6) is 0 Å². The Balaban J connectivity index is 1.47. The first-order valence-electron chi connectivity index (χ1n) is 9.17. The third-order valence-electron chi connectivity index (χ3n) is 4.97. The van der Waals surface area contributed by atoms with Gasteiger partial charge in [-0.3, -0.25) is 9.69 Å². The van der Waals surface area contributed by atoms with E-state index in [2.05, 4.69) is 21.0 Å². The van der Waals surface area contributed by atoms with Gasteiger partial charge in [-0.1, -0.05) is 59.6 Å². The van der Waals surface area contributed by atoms with Crippen LogP contribution in [-0.4, -0.2) is 40.9 Å². The van der Waals surface area contributed by atoms with Crippen LogP contribution in [0.1, 0.15) is 5.56 Å². The van der Waals surface area contributed by atoms with E-state index in [1.807, 2.05) is 48.5 Å². The van der Waals surface area contributed by atoms with Crippen molar-refractivity contribution in [2.45, 2.75) is 6.54 Å². The van der Waals surface area contributed by atoms with Gasteiger partial charge in [-0.15, -0.1) is 0 Å². The number of hydrogen-bond acceptors (Lipinski definition) is 4. The number of hydrogen-bond donors (Lipinski definition) is 0. The maximum Gasteiger partial charge on any atom is 0.292 e. The lowest BCUT2D eigenvalue weighted by Crippen LogP contribution is -2.46. The van der Waals surface area contributed by atoms with Crippen molar-refractivity contribution in [2.24, 2.45) is 0 Å². The van der Waals surface area contributed by atoms with Crippen LogP contribution in [0.4, 0.5) is 5.69 Å². The molecule has 1 saturated heterocycles. The molecule has 5 nitrogen and oxygen atoms in total. The quantitative estimate of drug-likeness (QED) is 0.649. The molecule has 7 heteroatoms. The molecule has 144 valence electrons. The number of anilines is 1. The van der Waals surface area contributed by atoms with Gasteiger partial charge < -0.3 is 4.90 Å². The van der Waals surface area contributed by atoms with Gasteiger partial charge in [0.05, 0.1) is 17.6 Å². The minimum absolute atomic E-state index is 0.207.